The van der Waals surface area contributed by atoms with Gasteiger partial charge in [-0.2, -0.15) is 7.11 Å². The van der Waals surface area contributed by atoms with Crippen molar-refractivity contribution in [3.63, 3.8) is 0 Å². The second-order valence-corrected chi connectivity index (χ2v) is 7.61. The number of rotatable bonds is 9. The van der Waals surface area contributed by atoms with Crippen molar-refractivity contribution in [2.24, 2.45) is 17.8 Å². The first-order valence-corrected chi connectivity index (χ1v) is 8.69. The molecule has 0 bridgehead atoms. The third kappa shape index (κ3) is 5.24. The number of aliphatic hydroxyl groups is 2. The Morgan fingerprint density at radius 3 is 2.12 bits per heavy atom. The molecule has 0 saturated heterocycles. The first-order chi connectivity index (χ1) is 11.1. The molecule has 0 spiro atoms. The Balaban J connectivity index is 0.00000576. The number of carbonyl (C=O) groups excluding carboxylic acids is 2. The zero-order valence-electron chi connectivity index (χ0n) is 15.9. The molecule has 0 heterocycles. The summed E-state index contributed by atoms with van der Waals surface area (Å²) in [6.45, 7) is 9.33. The predicted molar refractivity (Wildman–Crippen MR) is 91.7 cm³/mol. The minimum atomic E-state index is -1.89. The first-order valence-electron chi connectivity index (χ1n) is 8.69. The molecule has 1 rings (SSSR count). The van der Waals surface area contributed by atoms with Crippen LogP contribution in [0.5, 0.6) is 0 Å². The monoisotopic (exact) mass is 523 g/mol. The third-order valence-electron chi connectivity index (χ3n) is 4.74. The zero-order chi connectivity index (χ0) is 18.7. The molecule has 0 aliphatic heterocycles. The van der Waals surface area contributed by atoms with Crippen LogP contribution < -0.4 is 0 Å². The Bertz CT molecular complexity index is 512. The van der Waals surface area contributed by atoms with E-state index in [4.69, 9.17) is 4.74 Å². The number of hydrogen-bond donors (Lipinski definition) is 2. The molecule has 0 fully saturated rings. The van der Waals surface area contributed by atoms with E-state index in [2.05, 4.69) is 7.11 Å². The number of carbonyl (C=O) groups is 2. The third-order valence-corrected chi connectivity index (χ3v) is 4.74. The Hall–Kier alpha value is -0.512. The van der Waals surface area contributed by atoms with Crippen LogP contribution in [0.3, 0.4) is 0 Å². The molecule has 0 amide bonds. The maximum Gasteiger partial charge on any atom is 0.176 e. The topological polar surface area (TPSA) is 83.8 Å². The van der Waals surface area contributed by atoms with Gasteiger partial charge in [-0.3, -0.25) is 9.59 Å². The van der Waals surface area contributed by atoms with Gasteiger partial charge in [-0.05, 0) is 38.0 Å². The van der Waals surface area contributed by atoms with Gasteiger partial charge in [0, 0.05) is 21.1 Å². The van der Waals surface area contributed by atoms with Gasteiger partial charge >= 0.3 is 0 Å². The van der Waals surface area contributed by atoms with E-state index in [1.165, 1.54) is 6.92 Å². The van der Waals surface area contributed by atoms with Gasteiger partial charge in [0.05, 0.1) is 17.6 Å². The molecule has 0 radical (unpaired) electrons. The van der Waals surface area contributed by atoms with Crippen molar-refractivity contribution in [2.75, 3.05) is 0 Å². The number of ether oxygens (including phenoxy) is 1. The average molecular weight is 523 g/mol. The van der Waals surface area contributed by atoms with Crippen LogP contribution in [-0.2, 0) is 35.4 Å². The fourth-order valence-corrected chi connectivity index (χ4v) is 3.31. The fraction of sp³-hybridized carbons (Fsp3) is 0.737. The largest absolute Gasteiger partial charge is 0.666 e. The maximum atomic E-state index is 12.7. The smallest absolute Gasteiger partial charge is 0.176 e. The van der Waals surface area contributed by atoms with Gasteiger partial charge in [-0.1, -0.05) is 34.1 Å². The molecule has 144 valence electrons. The van der Waals surface area contributed by atoms with Crippen LogP contribution in [0.1, 0.15) is 60.3 Å². The molecular weight excluding hydrogens is 492 g/mol. The molecule has 0 saturated carbocycles. The van der Waals surface area contributed by atoms with Crippen molar-refractivity contribution in [3.05, 3.63) is 18.4 Å². The average Bonchev–Trinajstić information content (AvgIpc) is 2.70. The zero-order valence-corrected chi connectivity index (χ0v) is 18.8. The van der Waals surface area contributed by atoms with Crippen LogP contribution >= 0.6 is 0 Å². The van der Waals surface area contributed by atoms with E-state index in [0.29, 0.717) is 37.5 Å². The second kappa shape index (κ2) is 9.99. The molecule has 3 unspecified atom stereocenters. The summed E-state index contributed by atoms with van der Waals surface area (Å²) in [5.74, 6) is -1.30. The van der Waals surface area contributed by atoms with E-state index in [0.717, 1.165) is 0 Å². The van der Waals surface area contributed by atoms with E-state index in [-0.39, 0.29) is 32.4 Å². The molecular formula is C19H31O5W-. The second-order valence-electron chi connectivity index (χ2n) is 7.61. The summed E-state index contributed by atoms with van der Waals surface area (Å²) in [6.07, 6.45) is 0.904. The summed E-state index contributed by atoms with van der Waals surface area (Å²) >= 11 is 0. The van der Waals surface area contributed by atoms with Crippen LogP contribution in [0.2, 0.25) is 0 Å². The van der Waals surface area contributed by atoms with Crippen LogP contribution in [0, 0.1) is 24.9 Å². The Labute approximate surface area is 165 Å². The summed E-state index contributed by atoms with van der Waals surface area (Å²) in [5, 5.41) is 21.9. The molecule has 0 aromatic rings. The van der Waals surface area contributed by atoms with Crippen molar-refractivity contribution in [1.29, 1.82) is 0 Å². The van der Waals surface area contributed by atoms with Crippen molar-refractivity contribution >= 4 is 11.6 Å². The molecule has 0 aromatic carbocycles. The predicted octanol–water partition coefficient (Wildman–Crippen LogP) is 2.80. The quantitative estimate of drug-likeness (QED) is 0.359. The van der Waals surface area contributed by atoms with Gasteiger partial charge in [0.25, 0.3) is 0 Å². The normalized spacial score (nSPS) is 24.7. The summed E-state index contributed by atoms with van der Waals surface area (Å²) in [7, 11) is 3.30. The minimum absolute atomic E-state index is 0. The van der Waals surface area contributed by atoms with Gasteiger partial charge in [-0.25, -0.2) is 0 Å². The van der Waals surface area contributed by atoms with Crippen molar-refractivity contribution < 1.29 is 45.6 Å². The number of hydrogen-bond acceptors (Lipinski definition) is 5. The minimum Gasteiger partial charge on any atom is -0.666 e. The SMILES string of the molecule is [CH2-]OC1=C(C(C)=O)C(=O)C(CCC(C)C)C1(O)C(O)CCC(C)C.[W]. The standard InChI is InChI=1S/C19H31O5.W/c1-11(2)7-9-14-17(22)16(13(5)20)18(24-6)19(14,23)15(21)10-8-12(3)4;/h11-12,14-15,21,23H,6-10H2,1-5H3;/q-1;. The molecule has 0 aromatic heterocycles. The molecule has 1 aliphatic rings. The fourth-order valence-electron chi connectivity index (χ4n) is 3.31. The van der Waals surface area contributed by atoms with E-state index >= 15 is 0 Å². The van der Waals surface area contributed by atoms with Gasteiger partial charge < -0.3 is 14.9 Å². The van der Waals surface area contributed by atoms with E-state index < -0.39 is 29.2 Å². The summed E-state index contributed by atoms with van der Waals surface area (Å²) in [5.41, 5.74) is -2.05. The van der Waals surface area contributed by atoms with Crippen molar-refractivity contribution in [2.45, 2.75) is 72.0 Å². The summed E-state index contributed by atoms with van der Waals surface area (Å²) in [6, 6.07) is 0. The van der Waals surface area contributed by atoms with Gasteiger partial charge in [0.15, 0.2) is 17.2 Å². The Morgan fingerprint density at radius 2 is 1.72 bits per heavy atom. The first kappa shape index (κ1) is 24.5. The van der Waals surface area contributed by atoms with Gasteiger partial charge in [-0.15, -0.1) is 0 Å². The summed E-state index contributed by atoms with van der Waals surface area (Å²) in [4.78, 5) is 24.6. The van der Waals surface area contributed by atoms with Crippen LogP contribution in [0.4, 0.5) is 0 Å². The molecule has 5 nitrogen and oxygen atoms in total. The van der Waals surface area contributed by atoms with Crippen LogP contribution in [0.15, 0.2) is 11.3 Å². The van der Waals surface area contributed by atoms with Crippen molar-refractivity contribution in [3.8, 4) is 0 Å². The Kier molecular flexibility index (Phi) is 9.78. The van der Waals surface area contributed by atoms with E-state index in [1.54, 1.807) is 0 Å². The molecule has 6 heteroatoms. The van der Waals surface area contributed by atoms with Crippen molar-refractivity contribution in [1.82, 2.24) is 0 Å². The molecule has 3 atom stereocenters. The number of ketones is 2. The van der Waals surface area contributed by atoms with Crippen LogP contribution in [0.25, 0.3) is 0 Å². The van der Waals surface area contributed by atoms with Gasteiger partial charge in [0.1, 0.15) is 5.76 Å². The molecule has 2 N–H and O–H groups in total. The molecule has 25 heavy (non-hydrogen) atoms. The maximum absolute atomic E-state index is 12.7. The van der Waals surface area contributed by atoms with E-state index in [1.807, 2.05) is 27.7 Å². The van der Waals surface area contributed by atoms with Crippen LogP contribution in [-0.4, -0.2) is 33.5 Å². The van der Waals surface area contributed by atoms with E-state index in [9.17, 15) is 19.8 Å². The molecule has 1 aliphatic carbocycles. The summed E-state index contributed by atoms with van der Waals surface area (Å²) < 4.78 is 5.01. The van der Waals surface area contributed by atoms with Gasteiger partial charge in [0.2, 0.25) is 0 Å². The number of Topliss-reactive ketones (excluding diaryl/α,β-unsaturated/α-hetero) is 2. The number of aliphatic hydroxyl groups excluding tert-OH is 1. The number of allylic oxidation sites excluding steroid dienone is 1. The Morgan fingerprint density at radius 1 is 1.20 bits per heavy atom.